The molecule has 1 aromatic rings. The molecule has 4 heteroatoms. The average Bonchev–Trinajstić information content (AvgIpc) is 2.62. The van der Waals surface area contributed by atoms with Gasteiger partial charge in [-0.3, -0.25) is 9.59 Å². The van der Waals surface area contributed by atoms with Gasteiger partial charge in [-0.2, -0.15) is 0 Å². The third kappa shape index (κ3) is 2.35. The Bertz CT molecular complexity index is 478. The molecule has 4 nitrogen and oxygen atoms in total. The average molecular weight is 262 g/mol. The lowest BCUT2D eigenvalue weighted by Gasteiger charge is -2.23. The van der Waals surface area contributed by atoms with E-state index in [2.05, 4.69) is 0 Å². The number of carbonyl (C=O) groups excluding carboxylic acids is 2. The van der Waals surface area contributed by atoms with Gasteiger partial charge < -0.3 is 9.47 Å². The van der Waals surface area contributed by atoms with E-state index in [9.17, 15) is 9.59 Å². The summed E-state index contributed by atoms with van der Waals surface area (Å²) < 4.78 is 10.5. The Labute approximate surface area is 112 Å². The first-order chi connectivity index (χ1) is 8.98. The largest absolute Gasteiger partial charge is 0.466 e. The van der Waals surface area contributed by atoms with Gasteiger partial charge in [-0.05, 0) is 26.3 Å². The van der Waals surface area contributed by atoms with E-state index in [1.807, 2.05) is 30.3 Å². The van der Waals surface area contributed by atoms with Crippen molar-refractivity contribution in [3.8, 4) is 0 Å². The number of esters is 2. The summed E-state index contributed by atoms with van der Waals surface area (Å²) in [5, 5.41) is 0. The molecule has 1 aliphatic heterocycles. The summed E-state index contributed by atoms with van der Waals surface area (Å²) in [7, 11) is 0. The summed E-state index contributed by atoms with van der Waals surface area (Å²) in [4.78, 5) is 24.1. The first-order valence-corrected chi connectivity index (χ1v) is 6.41. The topological polar surface area (TPSA) is 52.6 Å². The van der Waals surface area contributed by atoms with Crippen LogP contribution in [-0.4, -0.2) is 18.5 Å². The van der Waals surface area contributed by atoms with Crippen LogP contribution < -0.4 is 0 Å². The Morgan fingerprint density at radius 1 is 1.32 bits per heavy atom. The minimum Gasteiger partial charge on any atom is -0.466 e. The lowest BCUT2D eigenvalue weighted by atomic mass is 9.76. The molecule has 1 fully saturated rings. The van der Waals surface area contributed by atoms with E-state index in [1.165, 1.54) is 0 Å². The monoisotopic (exact) mass is 262 g/mol. The summed E-state index contributed by atoms with van der Waals surface area (Å²) in [5.74, 6) is -1.35. The van der Waals surface area contributed by atoms with Crippen LogP contribution in [0.4, 0.5) is 0 Å². The Hall–Kier alpha value is -1.84. The molecule has 0 radical (unpaired) electrons. The molecule has 0 bridgehead atoms. The van der Waals surface area contributed by atoms with Gasteiger partial charge in [0.25, 0.3) is 0 Å². The van der Waals surface area contributed by atoms with E-state index in [4.69, 9.17) is 9.47 Å². The molecule has 0 aromatic heterocycles. The molecule has 0 aliphatic carbocycles. The number of ether oxygens (including phenoxy) is 2. The van der Waals surface area contributed by atoms with E-state index < -0.39 is 17.4 Å². The molecule has 1 heterocycles. The van der Waals surface area contributed by atoms with Gasteiger partial charge in [0.1, 0.15) is 12.0 Å². The van der Waals surface area contributed by atoms with Gasteiger partial charge in [-0.25, -0.2) is 0 Å². The van der Waals surface area contributed by atoms with Crippen molar-refractivity contribution in [2.24, 2.45) is 11.3 Å². The van der Waals surface area contributed by atoms with Crippen LogP contribution in [0, 0.1) is 11.3 Å². The molecule has 1 aromatic carbocycles. The highest BCUT2D eigenvalue weighted by molar-refractivity contribution is 5.88. The van der Waals surface area contributed by atoms with Crippen molar-refractivity contribution in [3.63, 3.8) is 0 Å². The summed E-state index contributed by atoms with van der Waals surface area (Å²) in [6.45, 7) is 5.49. The summed E-state index contributed by atoms with van der Waals surface area (Å²) >= 11 is 0. The Morgan fingerprint density at radius 2 is 1.95 bits per heavy atom. The van der Waals surface area contributed by atoms with Crippen molar-refractivity contribution in [1.29, 1.82) is 0 Å². The number of hydrogen-bond acceptors (Lipinski definition) is 4. The summed E-state index contributed by atoms with van der Waals surface area (Å²) in [6, 6.07) is 9.30. The van der Waals surface area contributed by atoms with Gasteiger partial charge >= 0.3 is 11.9 Å². The van der Waals surface area contributed by atoms with Crippen molar-refractivity contribution in [3.05, 3.63) is 35.9 Å². The lowest BCUT2D eigenvalue weighted by molar-refractivity contribution is -0.153. The van der Waals surface area contributed by atoms with E-state index in [0.29, 0.717) is 6.61 Å². The number of carbonyl (C=O) groups is 2. The summed E-state index contributed by atoms with van der Waals surface area (Å²) in [5.41, 5.74) is -0.0493. The van der Waals surface area contributed by atoms with Crippen LogP contribution in [0.2, 0.25) is 0 Å². The molecule has 1 aliphatic rings. The second-order valence-corrected chi connectivity index (χ2v) is 5.19. The predicted octanol–water partition coefficient (Wildman–Crippen LogP) is 2.49. The number of hydrogen-bond donors (Lipinski definition) is 0. The van der Waals surface area contributed by atoms with E-state index >= 15 is 0 Å². The van der Waals surface area contributed by atoms with Crippen molar-refractivity contribution >= 4 is 11.9 Å². The molecule has 1 saturated heterocycles. The zero-order valence-electron chi connectivity index (χ0n) is 11.4. The molecule has 0 amide bonds. The third-order valence-electron chi connectivity index (χ3n) is 3.51. The molecule has 0 spiro atoms. The Balaban J connectivity index is 2.37. The number of benzene rings is 1. The maximum Gasteiger partial charge on any atom is 0.314 e. The Morgan fingerprint density at radius 3 is 2.53 bits per heavy atom. The molecule has 2 rings (SSSR count). The minimum absolute atomic E-state index is 0.293. The molecular weight excluding hydrogens is 244 g/mol. The van der Waals surface area contributed by atoms with Gasteiger partial charge in [0, 0.05) is 0 Å². The second-order valence-electron chi connectivity index (χ2n) is 5.19. The number of cyclic esters (lactones) is 1. The molecule has 0 unspecified atom stereocenters. The first kappa shape index (κ1) is 13.6. The normalized spacial score (nSPS) is 24.9. The smallest absolute Gasteiger partial charge is 0.314 e. The van der Waals surface area contributed by atoms with Crippen LogP contribution in [0.1, 0.15) is 32.4 Å². The van der Waals surface area contributed by atoms with Gasteiger partial charge in [-0.1, -0.05) is 30.3 Å². The van der Waals surface area contributed by atoms with Crippen molar-refractivity contribution < 1.29 is 19.1 Å². The Kier molecular flexibility index (Phi) is 3.60. The highest BCUT2D eigenvalue weighted by atomic mass is 16.6. The molecule has 102 valence electrons. The van der Waals surface area contributed by atoms with Crippen molar-refractivity contribution in [2.75, 3.05) is 6.61 Å². The van der Waals surface area contributed by atoms with Crippen LogP contribution in [-0.2, 0) is 19.1 Å². The molecular formula is C15H18O4. The van der Waals surface area contributed by atoms with Crippen LogP contribution >= 0.6 is 0 Å². The fourth-order valence-corrected chi connectivity index (χ4v) is 2.39. The zero-order chi connectivity index (χ0) is 14.0. The van der Waals surface area contributed by atoms with Crippen LogP contribution in [0.25, 0.3) is 0 Å². The minimum atomic E-state index is -0.868. The van der Waals surface area contributed by atoms with E-state index in [0.717, 1.165) is 5.56 Å². The van der Waals surface area contributed by atoms with E-state index in [-0.39, 0.29) is 11.9 Å². The highest BCUT2D eigenvalue weighted by Crippen LogP contribution is 2.47. The fraction of sp³-hybridized carbons (Fsp3) is 0.467. The van der Waals surface area contributed by atoms with Gasteiger partial charge in [-0.15, -0.1) is 0 Å². The first-order valence-electron chi connectivity index (χ1n) is 6.41. The predicted molar refractivity (Wildman–Crippen MR) is 69.2 cm³/mol. The van der Waals surface area contributed by atoms with Gasteiger partial charge in [0.2, 0.25) is 0 Å². The SMILES string of the molecule is CCOC(=O)[C@H]1[C@@H](c2ccccc2)OC(=O)C1(C)C. The van der Waals surface area contributed by atoms with Crippen molar-refractivity contribution in [2.45, 2.75) is 26.9 Å². The summed E-state index contributed by atoms with van der Waals surface area (Å²) in [6.07, 6.45) is -0.567. The fourth-order valence-electron chi connectivity index (χ4n) is 2.39. The van der Waals surface area contributed by atoms with Crippen LogP contribution in [0.5, 0.6) is 0 Å². The molecule has 0 saturated carbocycles. The molecule has 2 atom stereocenters. The maximum atomic E-state index is 12.1. The molecule has 0 N–H and O–H groups in total. The molecule has 19 heavy (non-hydrogen) atoms. The lowest BCUT2D eigenvalue weighted by Crippen LogP contribution is -2.34. The van der Waals surface area contributed by atoms with E-state index in [1.54, 1.807) is 20.8 Å². The quantitative estimate of drug-likeness (QED) is 0.785. The third-order valence-corrected chi connectivity index (χ3v) is 3.51. The number of rotatable bonds is 3. The second kappa shape index (κ2) is 5.03. The standard InChI is InChI=1S/C15H18O4/c1-4-18-13(16)11-12(10-8-6-5-7-9-10)19-14(17)15(11,2)3/h5-9,11-12H,4H2,1-3H3/t11-,12-/m1/s1. The van der Waals surface area contributed by atoms with Crippen LogP contribution in [0.15, 0.2) is 30.3 Å². The van der Waals surface area contributed by atoms with Gasteiger partial charge in [0.05, 0.1) is 12.0 Å². The highest BCUT2D eigenvalue weighted by Gasteiger charge is 2.56. The maximum absolute atomic E-state index is 12.1. The zero-order valence-corrected chi connectivity index (χ0v) is 11.4. The van der Waals surface area contributed by atoms with Crippen molar-refractivity contribution in [1.82, 2.24) is 0 Å². The van der Waals surface area contributed by atoms with Gasteiger partial charge in [0.15, 0.2) is 0 Å². The van der Waals surface area contributed by atoms with Crippen LogP contribution in [0.3, 0.4) is 0 Å².